The van der Waals surface area contributed by atoms with E-state index >= 15 is 0 Å². The third kappa shape index (κ3) is 4.02. The molecule has 0 saturated carbocycles. The first-order valence-electron chi connectivity index (χ1n) is 10.1. The van der Waals surface area contributed by atoms with E-state index in [2.05, 4.69) is 15.1 Å². The number of piperidine rings is 1. The molecule has 4 rings (SSSR count). The lowest BCUT2D eigenvalue weighted by atomic mass is 9.85. The van der Waals surface area contributed by atoms with Crippen molar-refractivity contribution in [3.63, 3.8) is 0 Å². The molecule has 0 aliphatic carbocycles. The molecule has 2 aromatic rings. The van der Waals surface area contributed by atoms with Crippen LogP contribution in [0.4, 0.5) is 5.69 Å². The Hall–Kier alpha value is -2.38. The van der Waals surface area contributed by atoms with Crippen molar-refractivity contribution in [2.75, 3.05) is 37.0 Å². The quantitative estimate of drug-likeness (QED) is 0.787. The van der Waals surface area contributed by atoms with E-state index in [0.29, 0.717) is 18.0 Å². The van der Waals surface area contributed by atoms with Crippen LogP contribution in [0.15, 0.2) is 65.6 Å². The van der Waals surface area contributed by atoms with Crippen molar-refractivity contribution in [2.24, 2.45) is 0 Å². The third-order valence-electron chi connectivity index (χ3n) is 6.08. The van der Waals surface area contributed by atoms with Crippen LogP contribution in [0.5, 0.6) is 0 Å². The lowest BCUT2D eigenvalue weighted by Gasteiger charge is -2.43. The van der Waals surface area contributed by atoms with Gasteiger partial charge in [-0.25, -0.2) is 8.42 Å². The Bertz CT molecular complexity index is 940. The minimum Gasteiger partial charge on any atom is -0.339 e. The molecule has 2 aliphatic rings. The van der Waals surface area contributed by atoms with Gasteiger partial charge >= 0.3 is 0 Å². The molecule has 0 aromatic heterocycles. The van der Waals surface area contributed by atoms with Crippen molar-refractivity contribution in [2.45, 2.75) is 29.7 Å². The molecule has 29 heavy (non-hydrogen) atoms. The smallest absolute Gasteiger partial charge is 0.247 e. The molecule has 0 unspecified atom stereocenters. The molecule has 2 aliphatic heterocycles. The van der Waals surface area contributed by atoms with Gasteiger partial charge in [0.05, 0.1) is 17.3 Å². The number of para-hydroxylation sites is 1. The van der Waals surface area contributed by atoms with Gasteiger partial charge in [-0.3, -0.25) is 4.79 Å². The van der Waals surface area contributed by atoms with E-state index < -0.39 is 15.4 Å². The molecule has 0 radical (unpaired) electrons. The number of carbonyl (C=O) groups excluding carboxylic acids is 1. The normalized spacial score (nSPS) is 19.4. The zero-order chi connectivity index (χ0) is 20.3. The summed E-state index contributed by atoms with van der Waals surface area (Å²) in [4.78, 5) is 17.5. The fraction of sp³-hybridized carbons (Fsp3) is 0.409. The molecule has 1 amide bonds. The second kappa shape index (κ2) is 8.16. The van der Waals surface area contributed by atoms with Crippen LogP contribution in [0, 0.1) is 0 Å². The molecule has 6 nitrogen and oxygen atoms in total. The first kappa shape index (κ1) is 19.9. The van der Waals surface area contributed by atoms with Gasteiger partial charge in [-0.15, -0.1) is 0 Å². The predicted octanol–water partition coefficient (Wildman–Crippen LogP) is 2.28. The average molecular weight is 414 g/mol. The van der Waals surface area contributed by atoms with E-state index in [0.717, 1.165) is 38.2 Å². The summed E-state index contributed by atoms with van der Waals surface area (Å²) in [5.74, 6) is 0.252. The Morgan fingerprint density at radius 3 is 2.21 bits per heavy atom. The fourth-order valence-electron chi connectivity index (χ4n) is 4.40. The number of hydrogen-bond acceptors (Lipinski definition) is 5. The molecule has 7 heteroatoms. The Morgan fingerprint density at radius 2 is 1.55 bits per heavy atom. The monoisotopic (exact) mass is 413 g/mol. The molecular formula is C22H27N3O3S. The van der Waals surface area contributed by atoms with E-state index in [1.807, 2.05) is 36.4 Å². The highest BCUT2D eigenvalue weighted by atomic mass is 32.2. The van der Waals surface area contributed by atoms with Crippen LogP contribution in [-0.2, 0) is 14.6 Å². The van der Waals surface area contributed by atoms with Crippen molar-refractivity contribution < 1.29 is 13.2 Å². The van der Waals surface area contributed by atoms with E-state index in [1.54, 1.807) is 24.3 Å². The second-order valence-electron chi connectivity index (χ2n) is 7.79. The van der Waals surface area contributed by atoms with Crippen LogP contribution < -0.4 is 10.2 Å². The number of nitrogens with zero attached hydrogens (tertiary/aromatic N) is 2. The molecule has 1 spiro atoms. The summed E-state index contributed by atoms with van der Waals surface area (Å²) in [7, 11) is -3.24. The highest BCUT2D eigenvalue weighted by Crippen LogP contribution is 2.36. The Balaban J connectivity index is 1.34. The first-order valence-corrected chi connectivity index (χ1v) is 11.8. The van der Waals surface area contributed by atoms with E-state index in [1.165, 1.54) is 0 Å². The maximum absolute atomic E-state index is 12.7. The summed E-state index contributed by atoms with van der Waals surface area (Å²) in [6.45, 7) is 2.86. The number of benzene rings is 2. The summed E-state index contributed by atoms with van der Waals surface area (Å²) >= 11 is 0. The number of anilines is 1. The van der Waals surface area contributed by atoms with E-state index in [-0.39, 0.29) is 11.7 Å². The molecule has 2 saturated heterocycles. The summed E-state index contributed by atoms with van der Waals surface area (Å²) in [5.41, 5.74) is 0.571. The lowest BCUT2D eigenvalue weighted by molar-refractivity contribution is -0.125. The van der Waals surface area contributed by atoms with Gasteiger partial charge < -0.3 is 15.1 Å². The van der Waals surface area contributed by atoms with Gasteiger partial charge in [-0.05, 0) is 50.1 Å². The van der Waals surface area contributed by atoms with Gasteiger partial charge in [0, 0.05) is 18.8 Å². The predicted molar refractivity (Wildman–Crippen MR) is 113 cm³/mol. The summed E-state index contributed by atoms with van der Waals surface area (Å²) in [6, 6.07) is 18.7. The highest BCUT2D eigenvalue weighted by molar-refractivity contribution is 7.91. The van der Waals surface area contributed by atoms with Crippen LogP contribution in [-0.4, -0.2) is 56.8 Å². The van der Waals surface area contributed by atoms with Gasteiger partial charge in [-0.2, -0.15) is 0 Å². The highest BCUT2D eigenvalue weighted by Gasteiger charge is 2.50. The number of sulfone groups is 1. The van der Waals surface area contributed by atoms with E-state index in [4.69, 9.17) is 0 Å². The number of hydrogen-bond donors (Lipinski definition) is 1. The standard InChI is InChI=1S/C22H27N3O3S/c26-21-22(25(18-23-21)19-8-3-1-4-9-19)12-15-24(16-13-22)14-7-17-29(27,28)20-10-5-2-6-11-20/h1-6,8-11H,7,12-18H2,(H,23,26). The number of nitrogens with one attached hydrogen (secondary N) is 1. The SMILES string of the molecule is O=C1NCN(c2ccccc2)C12CCN(CCCS(=O)(=O)c1ccccc1)CC2. The zero-order valence-corrected chi connectivity index (χ0v) is 17.3. The van der Waals surface area contributed by atoms with Gasteiger partial charge in [0.25, 0.3) is 0 Å². The van der Waals surface area contributed by atoms with Gasteiger partial charge in [-0.1, -0.05) is 36.4 Å². The third-order valence-corrected chi connectivity index (χ3v) is 7.89. The van der Waals surface area contributed by atoms with Crippen LogP contribution in [0.25, 0.3) is 0 Å². The van der Waals surface area contributed by atoms with Crippen molar-refractivity contribution in [3.05, 3.63) is 60.7 Å². The topological polar surface area (TPSA) is 69.7 Å². The molecular weight excluding hydrogens is 386 g/mol. The average Bonchev–Trinajstić information content (AvgIpc) is 3.06. The number of amides is 1. The maximum atomic E-state index is 12.7. The zero-order valence-electron chi connectivity index (χ0n) is 16.5. The Labute approximate surface area is 172 Å². The van der Waals surface area contributed by atoms with Crippen molar-refractivity contribution in [1.82, 2.24) is 10.2 Å². The van der Waals surface area contributed by atoms with Crippen molar-refractivity contribution >= 4 is 21.4 Å². The molecule has 0 atom stereocenters. The number of likely N-dealkylation sites (tertiary alicyclic amines) is 1. The van der Waals surface area contributed by atoms with Gasteiger partial charge in [0.2, 0.25) is 5.91 Å². The Kier molecular flexibility index (Phi) is 5.61. The second-order valence-corrected chi connectivity index (χ2v) is 9.90. The molecule has 2 fully saturated rings. The van der Waals surface area contributed by atoms with Crippen LogP contribution >= 0.6 is 0 Å². The lowest BCUT2D eigenvalue weighted by Crippen LogP contribution is -2.56. The van der Waals surface area contributed by atoms with E-state index in [9.17, 15) is 13.2 Å². The van der Waals surface area contributed by atoms with Gasteiger partial charge in [0.15, 0.2) is 9.84 Å². The number of carbonyl (C=O) groups is 1. The molecule has 1 N–H and O–H groups in total. The summed E-state index contributed by atoms with van der Waals surface area (Å²) in [6.07, 6.45) is 2.09. The minimum atomic E-state index is -3.24. The van der Waals surface area contributed by atoms with Crippen LogP contribution in [0.1, 0.15) is 19.3 Å². The van der Waals surface area contributed by atoms with Crippen LogP contribution in [0.3, 0.4) is 0 Å². The Morgan fingerprint density at radius 1 is 0.931 bits per heavy atom. The summed E-state index contributed by atoms with van der Waals surface area (Å²) < 4.78 is 24.9. The minimum absolute atomic E-state index is 0.104. The molecule has 2 aromatic carbocycles. The maximum Gasteiger partial charge on any atom is 0.247 e. The van der Waals surface area contributed by atoms with Crippen molar-refractivity contribution in [3.8, 4) is 0 Å². The summed E-state index contributed by atoms with van der Waals surface area (Å²) in [5, 5.41) is 3.01. The largest absolute Gasteiger partial charge is 0.339 e. The van der Waals surface area contributed by atoms with Crippen LogP contribution in [0.2, 0.25) is 0 Å². The fourth-order valence-corrected chi connectivity index (χ4v) is 5.72. The molecule has 0 bridgehead atoms. The van der Waals surface area contributed by atoms with Gasteiger partial charge in [0.1, 0.15) is 5.54 Å². The van der Waals surface area contributed by atoms with Crippen molar-refractivity contribution in [1.29, 1.82) is 0 Å². The number of rotatable bonds is 6. The molecule has 154 valence electrons. The molecule has 2 heterocycles. The first-order chi connectivity index (χ1) is 14.0.